The van der Waals surface area contributed by atoms with Crippen LogP contribution in [-0.4, -0.2) is 16.1 Å². The monoisotopic (exact) mass is 476 g/mol. The Morgan fingerprint density at radius 2 is 1.23 bits per heavy atom. The second kappa shape index (κ2) is 7.72. The number of allylic oxidation sites excluding steroid dienone is 4. The van der Waals surface area contributed by atoms with E-state index in [2.05, 4.69) is 115 Å². The molecule has 0 heterocycles. The summed E-state index contributed by atoms with van der Waals surface area (Å²) in [6.45, 7) is 30.1. The van der Waals surface area contributed by atoms with Crippen molar-refractivity contribution < 1.29 is 16.6 Å². The van der Waals surface area contributed by atoms with E-state index < -0.39 is 32.7 Å². The van der Waals surface area contributed by atoms with Crippen molar-refractivity contribution in [1.82, 2.24) is 0 Å². The first-order chi connectivity index (χ1) is 13.2. The summed E-state index contributed by atoms with van der Waals surface area (Å²) >= 11 is -2.09. The molecule has 2 unspecified atom stereocenters. The van der Waals surface area contributed by atoms with Crippen molar-refractivity contribution in [3.05, 3.63) is 44.4 Å². The molecule has 0 radical (unpaired) electrons. The van der Waals surface area contributed by atoms with Gasteiger partial charge in [-0.3, -0.25) is 0 Å². The van der Waals surface area contributed by atoms with Crippen LogP contribution in [0.25, 0.3) is 0 Å². The summed E-state index contributed by atoms with van der Waals surface area (Å²) in [5.74, 6) is 0. The molecule has 0 N–H and O–H groups in total. The second-order valence-corrected chi connectivity index (χ2v) is 31.6. The fraction of sp³-hybridized carbons (Fsp3) is 0.630. The van der Waals surface area contributed by atoms with E-state index >= 15 is 0 Å². The minimum absolute atomic E-state index is 0.197. The summed E-state index contributed by atoms with van der Waals surface area (Å²) in [5.41, 5.74) is 6.32. The van der Waals surface area contributed by atoms with Gasteiger partial charge in [-0.05, 0) is 0 Å². The molecule has 0 fully saturated rings. The van der Waals surface area contributed by atoms with Gasteiger partial charge in [0.25, 0.3) is 0 Å². The molecule has 0 saturated carbocycles. The van der Waals surface area contributed by atoms with Gasteiger partial charge in [0.2, 0.25) is 0 Å². The first-order valence-electron chi connectivity index (χ1n) is 11.7. The van der Waals surface area contributed by atoms with Gasteiger partial charge in [-0.25, -0.2) is 0 Å². The van der Waals surface area contributed by atoms with Crippen molar-refractivity contribution in [1.29, 1.82) is 0 Å². The molecule has 2 rings (SSSR count). The van der Waals surface area contributed by atoms with Gasteiger partial charge in [-0.2, -0.15) is 0 Å². The maximum absolute atomic E-state index is 2.72. The number of benzene rings is 1. The average molecular weight is 477 g/mol. The molecule has 1 aliphatic rings. The molecule has 2 atom stereocenters. The van der Waals surface area contributed by atoms with E-state index in [-0.39, 0.29) is 10.1 Å². The van der Waals surface area contributed by atoms with Crippen LogP contribution < -0.4 is 10.4 Å². The molecule has 30 heavy (non-hydrogen) atoms. The first-order valence-corrected chi connectivity index (χ1v) is 23.2. The molecule has 3 heteroatoms. The van der Waals surface area contributed by atoms with Crippen molar-refractivity contribution in [2.75, 3.05) is 0 Å². The maximum atomic E-state index is 2.72. The first kappa shape index (κ1) is 26.1. The Labute approximate surface area is 194 Å². The zero-order valence-electron chi connectivity index (χ0n) is 22.7. The fourth-order valence-corrected chi connectivity index (χ4v) is 20.6. The zero-order valence-corrected chi connectivity index (χ0v) is 26.3. The van der Waals surface area contributed by atoms with Crippen LogP contribution in [0, 0.1) is 6.92 Å². The van der Waals surface area contributed by atoms with Crippen LogP contribution in [0.15, 0.2) is 38.8 Å². The van der Waals surface area contributed by atoms with Crippen LogP contribution in [-0.2, 0) is 16.6 Å². The number of hydrogen-bond donors (Lipinski definition) is 0. The van der Waals surface area contributed by atoms with E-state index in [0.717, 1.165) is 0 Å². The number of rotatable bonds is 4. The summed E-state index contributed by atoms with van der Waals surface area (Å²) in [7, 11) is -3.41. The summed E-state index contributed by atoms with van der Waals surface area (Å²) in [6.07, 6.45) is 0. The average Bonchev–Trinajstić information content (AvgIpc) is 2.72. The molecular weight excluding hydrogens is 428 g/mol. The van der Waals surface area contributed by atoms with Crippen molar-refractivity contribution in [3.63, 3.8) is 0 Å². The Bertz CT molecular complexity index is 916. The third kappa shape index (κ3) is 3.89. The quantitative estimate of drug-likeness (QED) is 0.383. The third-order valence-corrected chi connectivity index (χ3v) is 21.7. The Balaban J connectivity index is 3.03. The Kier molecular flexibility index (Phi) is 6.71. The van der Waals surface area contributed by atoms with E-state index in [0.29, 0.717) is 0 Å². The van der Waals surface area contributed by atoms with Gasteiger partial charge in [0.15, 0.2) is 0 Å². The van der Waals surface area contributed by atoms with Crippen LogP contribution in [0.3, 0.4) is 0 Å². The van der Waals surface area contributed by atoms with Gasteiger partial charge in [-0.1, -0.05) is 0 Å². The number of hydrogen-bond acceptors (Lipinski definition) is 0. The van der Waals surface area contributed by atoms with Crippen LogP contribution >= 0.6 is 0 Å². The van der Waals surface area contributed by atoms with Gasteiger partial charge in [-0.15, -0.1) is 0 Å². The Morgan fingerprint density at radius 1 is 0.767 bits per heavy atom. The predicted octanol–water partition coefficient (Wildman–Crippen LogP) is 8.31. The van der Waals surface area contributed by atoms with E-state index in [9.17, 15) is 0 Å². The predicted molar refractivity (Wildman–Crippen MR) is 142 cm³/mol. The summed E-state index contributed by atoms with van der Waals surface area (Å²) < 4.78 is 1.87. The third-order valence-electron chi connectivity index (χ3n) is 8.52. The molecule has 0 bridgehead atoms. The molecular formula is C27H48Si2Ti. The SMILES string of the molecule is CC1=C(C)C(C)([Si](C)(c2cc(C)cc([Si](C)(C)C)c2)C(C)(C)C)[C]([Ti]([CH3])([CH3])[CH3])=C1C. The minimum atomic E-state index is -2.09. The molecule has 0 nitrogen and oxygen atoms in total. The van der Waals surface area contributed by atoms with Crippen LogP contribution in [0.5, 0.6) is 0 Å². The van der Waals surface area contributed by atoms with Crippen LogP contribution in [0.2, 0.25) is 51.9 Å². The summed E-state index contributed by atoms with van der Waals surface area (Å²) in [6, 6.07) is 7.70. The fourth-order valence-electron chi connectivity index (χ4n) is 6.32. The van der Waals surface area contributed by atoms with E-state index in [4.69, 9.17) is 0 Å². The summed E-state index contributed by atoms with van der Waals surface area (Å²) in [4.78, 5) is 0. The Hall–Kier alpha value is -0.152. The Morgan fingerprint density at radius 3 is 1.63 bits per heavy atom. The molecule has 1 aromatic carbocycles. The standard InChI is InChI=1S/C24H39Si2.3CH3.Ti/c1-17-13-21(25(9,10)11)15-22(14-17)26(12,23(5,6)7)24(8)16-18(2)19(3)20(24)4;;;;/h13-15H,1-12H3;3*1H3;. The molecule has 0 aliphatic heterocycles. The zero-order chi connectivity index (χ0) is 23.7. The molecule has 0 spiro atoms. The molecule has 1 aromatic rings. The van der Waals surface area contributed by atoms with Gasteiger partial charge >= 0.3 is 195 Å². The van der Waals surface area contributed by atoms with Crippen LogP contribution in [0.1, 0.15) is 54.0 Å². The van der Waals surface area contributed by atoms with Crippen molar-refractivity contribution in [2.45, 2.75) is 107 Å². The topological polar surface area (TPSA) is 0 Å². The van der Waals surface area contributed by atoms with E-state index in [1.807, 2.05) is 3.88 Å². The van der Waals surface area contributed by atoms with Gasteiger partial charge in [0.05, 0.1) is 0 Å². The van der Waals surface area contributed by atoms with Crippen molar-refractivity contribution in [3.8, 4) is 0 Å². The normalized spacial score (nSPS) is 23.3. The van der Waals surface area contributed by atoms with Crippen molar-refractivity contribution in [2.24, 2.45) is 0 Å². The molecule has 168 valence electrons. The van der Waals surface area contributed by atoms with Crippen molar-refractivity contribution >= 4 is 26.5 Å². The van der Waals surface area contributed by atoms with Gasteiger partial charge in [0.1, 0.15) is 0 Å². The molecule has 0 amide bonds. The molecule has 0 aromatic heterocycles. The van der Waals surface area contributed by atoms with Gasteiger partial charge < -0.3 is 0 Å². The molecule has 0 saturated heterocycles. The number of aryl methyl sites for hydroxylation is 1. The van der Waals surface area contributed by atoms with E-state index in [1.54, 1.807) is 27.1 Å². The molecule has 1 aliphatic carbocycles. The van der Waals surface area contributed by atoms with Gasteiger partial charge in [0, 0.05) is 0 Å². The summed E-state index contributed by atoms with van der Waals surface area (Å²) in [5, 5.41) is 11.6. The van der Waals surface area contributed by atoms with Crippen LogP contribution in [0.4, 0.5) is 0 Å². The second-order valence-electron chi connectivity index (χ2n) is 13.3. The van der Waals surface area contributed by atoms with E-state index in [1.165, 1.54) is 5.56 Å².